The van der Waals surface area contributed by atoms with Gasteiger partial charge in [0.15, 0.2) is 0 Å². The van der Waals surface area contributed by atoms with E-state index in [0.717, 1.165) is 5.56 Å². The van der Waals surface area contributed by atoms with Gasteiger partial charge in [-0.1, -0.05) is 12.1 Å². The van der Waals surface area contributed by atoms with Gasteiger partial charge in [-0.15, -0.1) is 11.8 Å². The molecule has 0 aliphatic heterocycles. The molecule has 0 spiro atoms. The number of nitro groups is 2. The van der Waals surface area contributed by atoms with Crippen LogP contribution in [-0.2, 0) is 5.75 Å². The van der Waals surface area contributed by atoms with Crippen molar-refractivity contribution in [2.75, 3.05) is 0 Å². The van der Waals surface area contributed by atoms with E-state index in [4.69, 9.17) is 0 Å². The van der Waals surface area contributed by atoms with E-state index in [9.17, 15) is 20.2 Å². The summed E-state index contributed by atoms with van der Waals surface area (Å²) in [5, 5.41) is 21.8. The van der Waals surface area contributed by atoms with Crippen LogP contribution in [0.4, 0.5) is 11.4 Å². The lowest BCUT2D eigenvalue weighted by Gasteiger charge is -2.01. The molecule has 0 N–H and O–H groups in total. The minimum Gasteiger partial charge on any atom is -0.258 e. The van der Waals surface area contributed by atoms with Crippen molar-refractivity contribution in [2.45, 2.75) is 10.8 Å². The zero-order valence-corrected chi connectivity index (χ0v) is 10.9. The van der Waals surface area contributed by atoms with E-state index in [1.54, 1.807) is 18.2 Å². The molecule has 1 aromatic carbocycles. The van der Waals surface area contributed by atoms with Crippen molar-refractivity contribution < 1.29 is 9.85 Å². The van der Waals surface area contributed by atoms with Crippen molar-refractivity contribution in [3.8, 4) is 0 Å². The summed E-state index contributed by atoms with van der Waals surface area (Å²) in [5.74, 6) is 0.506. The van der Waals surface area contributed by atoms with Gasteiger partial charge < -0.3 is 0 Å². The lowest BCUT2D eigenvalue weighted by molar-refractivity contribution is -0.385. The Kier molecular flexibility index (Phi) is 4.26. The molecule has 1 heterocycles. The highest BCUT2D eigenvalue weighted by Crippen LogP contribution is 2.24. The minimum absolute atomic E-state index is 0.0414. The zero-order chi connectivity index (χ0) is 14.5. The lowest BCUT2D eigenvalue weighted by Crippen LogP contribution is -1.91. The summed E-state index contributed by atoms with van der Waals surface area (Å²) in [5.41, 5.74) is 0.772. The first kappa shape index (κ1) is 13.9. The Bertz CT molecular complexity index is 645. The molecule has 8 heteroatoms. The third kappa shape index (κ3) is 3.51. The highest BCUT2D eigenvalue weighted by atomic mass is 32.2. The number of nitro benzene ring substituents is 1. The number of non-ortho nitro benzene ring substituents is 1. The fourth-order valence-corrected chi connectivity index (χ4v) is 2.27. The van der Waals surface area contributed by atoms with Gasteiger partial charge in [0, 0.05) is 24.0 Å². The van der Waals surface area contributed by atoms with Gasteiger partial charge in [-0.05, 0) is 11.6 Å². The fourth-order valence-electron chi connectivity index (χ4n) is 1.48. The molecule has 2 rings (SSSR count). The summed E-state index contributed by atoms with van der Waals surface area (Å²) in [7, 11) is 0. The van der Waals surface area contributed by atoms with Crippen LogP contribution in [0.15, 0.2) is 47.6 Å². The van der Waals surface area contributed by atoms with E-state index in [1.807, 2.05) is 0 Å². The van der Waals surface area contributed by atoms with Gasteiger partial charge in [-0.3, -0.25) is 20.2 Å². The first-order chi connectivity index (χ1) is 9.56. The van der Waals surface area contributed by atoms with E-state index < -0.39 is 9.85 Å². The molecule has 0 atom stereocenters. The summed E-state index contributed by atoms with van der Waals surface area (Å²) >= 11 is 1.36. The molecule has 0 unspecified atom stereocenters. The van der Waals surface area contributed by atoms with Crippen molar-refractivity contribution in [1.29, 1.82) is 0 Å². The van der Waals surface area contributed by atoms with Crippen molar-refractivity contribution in [3.05, 3.63) is 68.4 Å². The Morgan fingerprint density at radius 2 is 1.80 bits per heavy atom. The molecular weight excluding hydrogens is 282 g/mol. The summed E-state index contributed by atoms with van der Waals surface area (Å²) in [6.07, 6.45) is 1.19. The molecule has 0 aliphatic carbocycles. The number of aromatic nitrogens is 1. The van der Waals surface area contributed by atoms with Crippen molar-refractivity contribution in [2.24, 2.45) is 0 Å². The second-order valence-corrected chi connectivity index (χ2v) is 4.82. The van der Waals surface area contributed by atoms with Gasteiger partial charge in [-0.2, -0.15) is 0 Å². The molecule has 0 bridgehead atoms. The van der Waals surface area contributed by atoms with Crippen LogP contribution in [0.3, 0.4) is 0 Å². The van der Waals surface area contributed by atoms with Gasteiger partial charge in [0.2, 0.25) is 0 Å². The van der Waals surface area contributed by atoms with Crippen LogP contribution in [0.1, 0.15) is 5.56 Å². The first-order valence-electron chi connectivity index (χ1n) is 5.53. The number of nitrogens with zero attached hydrogens (tertiary/aromatic N) is 3. The number of thioether (sulfide) groups is 1. The van der Waals surface area contributed by atoms with Crippen LogP contribution in [0.5, 0.6) is 0 Å². The average Bonchev–Trinajstić information content (AvgIpc) is 2.46. The summed E-state index contributed by atoms with van der Waals surface area (Å²) in [4.78, 5) is 24.1. The van der Waals surface area contributed by atoms with Crippen molar-refractivity contribution in [3.63, 3.8) is 0 Å². The average molecular weight is 291 g/mol. The van der Waals surface area contributed by atoms with E-state index >= 15 is 0 Å². The van der Waals surface area contributed by atoms with Crippen LogP contribution >= 0.6 is 11.8 Å². The standard InChI is InChI=1S/C12H9N3O4S/c16-14(17)10-3-1-2-9(6-10)8-20-12-5-4-11(7-13-12)15(18)19/h1-7H,8H2. The van der Waals surface area contributed by atoms with Crippen LogP contribution < -0.4 is 0 Å². The molecule has 7 nitrogen and oxygen atoms in total. The maximum atomic E-state index is 10.7. The van der Waals surface area contributed by atoms with Gasteiger partial charge in [0.1, 0.15) is 6.20 Å². The quantitative estimate of drug-likeness (QED) is 0.476. The zero-order valence-electron chi connectivity index (χ0n) is 10.1. The molecule has 0 aliphatic rings. The first-order valence-corrected chi connectivity index (χ1v) is 6.51. The van der Waals surface area contributed by atoms with Gasteiger partial charge in [-0.25, -0.2) is 4.98 Å². The van der Waals surface area contributed by atoms with E-state index in [0.29, 0.717) is 10.8 Å². The maximum absolute atomic E-state index is 10.7. The van der Waals surface area contributed by atoms with Crippen molar-refractivity contribution >= 4 is 23.1 Å². The highest BCUT2D eigenvalue weighted by Gasteiger charge is 2.08. The third-order valence-electron chi connectivity index (χ3n) is 2.44. The molecule has 0 radical (unpaired) electrons. The predicted molar refractivity (Wildman–Crippen MR) is 73.5 cm³/mol. The topological polar surface area (TPSA) is 99.2 Å². The van der Waals surface area contributed by atoms with Crippen molar-refractivity contribution in [1.82, 2.24) is 4.98 Å². The van der Waals surface area contributed by atoms with E-state index in [1.165, 1.54) is 36.2 Å². The number of rotatable bonds is 5. The van der Waals surface area contributed by atoms with E-state index in [2.05, 4.69) is 4.98 Å². The summed E-state index contributed by atoms with van der Waals surface area (Å²) < 4.78 is 0. The molecule has 20 heavy (non-hydrogen) atoms. The number of pyridine rings is 1. The number of benzene rings is 1. The molecule has 1 aromatic heterocycles. The summed E-state index contributed by atoms with van der Waals surface area (Å²) in [6, 6.07) is 9.27. The summed E-state index contributed by atoms with van der Waals surface area (Å²) in [6.45, 7) is 0. The molecule has 102 valence electrons. The Morgan fingerprint density at radius 1 is 1.05 bits per heavy atom. The molecule has 2 aromatic rings. The minimum atomic E-state index is -0.512. The smallest absolute Gasteiger partial charge is 0.258 e. The molecule has 0 saturated carbocycles. The van der Waals surface area contributed by atoms with Crippen LogP contribution in [0.2, 0.25) is 0 Å². The molecular formula is C12H9N3O4S. The van der Waals surface area contributed by atoms with Crippen LogP contribution in [0, 0.1) is 20.2 Å². The monoisotopic (exact) mass is 291 g/mol. The molecule has 0 amide bonds. The Labute approximate surface area is 118 Å². The normalized spacial score (nSPS) is 10.2. The molecule has 0 saturated heterocycles. The van der Waals surface area contributed by atoms with E-state index in [-0.39, 0.29) is 11.4 Å². The Morgan fingerprint density at radius 3 is 2.40 bits per heavy atom. The van der Waals surface area contributed by atoms with Gasteiger partial charge in [0.25, 0.3) is 11.4 Å². The second-order valence-electron chi connectivity index (χ2n) is 3.83. The predicted octanol–water partition coefficient (Wildman–Crippen LogP) is 3.19. The fraction of sp³-hybridized carbons (Fsp3) is 0.0833. The number of hydrogen-bond acceptors (Lipinski definition) is 6. The third-order valence-corrected chi connectivity index (χ3v) is 3.45. The lowest BCUT2D eigenvalue weighted by atomic mass is 10.2. The van der Waals surface area contributed by atoms with Gasteiger partial charge in [0.05, 0.1) is 14.9 Å². The molecule has 0 fully saturated rings. The second kappa shape index (κ2) is 6.11. The number of hydrogen-bond donors (Lipinski definition) is 0. The highest BCUT2D eigenvalue weighted by molar-refractivity contribution is 7.98. The Balaban J connectivity index is 2.03. The Hall–Kier alpha value is -2.48. The SMILES string of the molecule is O=[N+]([O-])c1ccc(SCc2cccc([N+](=O)[O-])c2)nc1. The van der Waals surface area contributed by atoms with Crippen LogP contribution in [0.25, 0.3) is 0 Å². The maximum Gasteiger partial charge on any atom is 0.287 e. The van der Waals surface area contributed by atoms with Crippen LogP contribution in [-0.4, -0.2) is 14.8 Å². The largest absolute Gasteiger partial charge is 0.287 e. The van der Waals surface area contributed by atoms with Gasteiger partial charge >= 0.3 is 0 Å².